The van der Waals surface area contributed by atoms with Crippen LogP contribution in [0.2, 0.25) is 0 Å². The lowest BCUT2D eigenvalue weighted by molar-refractivity contribution is -0.140. The molecular formula is C16H16N2O5S2. The highest BCUT2D eigenvalue weighted by atomic mass is 32.2. The smallest absolute Gasteiger partial charge is 0.329 e. The third kappa shape index (κ3) is 3.89. The molecule has 0 atom stereocenters. The first kappa shape index (κ1) is 17.6. The van der Waals surface area contributed by atoms with Crippen LogP contribution < -0.4 is 10.0 Å². The van der Waals surface area contributed by atoms with Gasteiger partial charge in [-0.1, -0.05) is 6.07 Å². The van der Waals surface area contributed by atoms with Crippen LogP contribution in [0, 0.1) is 0 Å². The lowest BCUT2D eigenvalue weighted by Crippen LogP contribution is -2.43. The van der Waals surface area contributed by atoms with Crippen molar-refractivity contribution < 1.29 is 23.1 Å². The van der Waals surface area contributed by atoms with Gasteiger partial charge in [0.05, 0.1) is 4.90 Å². The highest BCUT2D eigenvalue weighted by Gasteiger charge is 2.51. The number of benzene rings is 1. The minimum atomic E-state index is -3.68. The van der Waals surface area contributed by atoms with E-state index in [0.717, 1.165) is 4.88 Å². The molecule has 0 unspecified atom stereocenters. The van der Waals surface area contributed by atoms with E-state index in [0.29, 0.717) is 12.8 Å². The number of thiophene rings is 1. The molecule has 1 amide bonds. The van der Waals surface area contributed by atoms with Crippen molar-refractivity contribution in [3.8, 4) is 0 Å². The molecule has 0 aliphatic heterocycles. The van der Waals surface area contributed by atoms with Gasteiger partial charge < -0.3 is 10.4 Å². The van der Waals surface area contributed by atoms with E-state index < -0.39 is 27.4 Å². The molecule has 0 radical (unpaired) electrons. The summed E-state index contributed by atoms with van der Waals surface area (Å²) in [5, 5.41) is 13.4. The highest BCUT2D eigenvalue weighted by molar-refractivity contribution is 7.89. The highest BCUT2D eigenvalue weighted by Crippen LogP contribution is 2.35. The number of sulfonamides is 1. The molecule has 25 heavy (non-hydrogen) atoms. The molecule has 2 aromatic rings. The second-order valence-corrected chi connectivity index (χ2v) is 8.57. The molecule has 7 nitrogen and oxygen atoms in total. The Balaban J connectivity index is 1.67. The van der Waals surface area contributed by atoms with Gasteiger partial charge >= 0.3 is 5.97 Å². The van der Waals surface area contributed by atoms with Crippen LogP contribution in [0.3, 0.4) is 0 Å². The number of nitrogens with one attached hydrogen (secondary N) is 2. The standard InChI is InChI=1S/C16H16N2O5S2/c19-14(18-16(7-8-16)15(20)21)11-3-5-13(6-4-11)25(22,23)17-10-12-2-1-9-24-12/h1-6,9,17H,7-8,10H2,(H,18,19)(H,20,21). The Kier molecular flexibility index (Phi) is 4.63. The maximum atomic E-state index is 12.3. The lowest BCUT2D eigenvalue weighted by atomic mass is 10.2. The van der Waals surface area contributed by atoms with Crippen LogP contribution in [-0.2, 0) is 21.4 Å². The molecule has 1 aromatic carbocycles. The minimum absolute atomic E-state index is 0.0416. The maximum absolute atomic E-state index is 12.3. The summed E-state index contributed by atoms with van der Waals surface area (Å²) in [7, 11) is -3.68. The van der Waals surface area contributed by atoms with Crippen molar-refractivity contribution in [2.24, 2.45) is 0 Å². The molecule has 1 heterocycles. The average molecular weight is 380 g/mol. The van der Waals surface area contributed by atoms with Crippen molar-refractivity contribution in [2.45, 2.75) is 29.8 Å². The summed E-state index contributed by atoms with van der Waals surface area (Å²) in [6.07, 6.45) is 0.792. The molecular weight excluding hydrogens is 364 g/mol. The SMILES string of the molecule is O=C(NC1(C(=O)O)CC1)c1ccc(S(=O)(=O)NCc2cccs2)cc1. The average Bonchev–Trinajstić information content (AvgIpc) is 3.18. The summed E-state index contributed by atoms with van der Waals surface area (Å²) in [5.74, 6) is -1.59. The Bertz CT molecular complexity index is 885. The van der Waals surface area contributed by atoms with Gasteiger partial charge in [0.1, 0.15) is 5.54 Å². The Labute approximate surface area is 148 Å². The van der Waals surface area contributed by atoms with E-state index in [4.69, 9.17) is 5.11 Å². The fourth-order valence-corrected chi connectivity index (χ4v) is 4.00. The van der Waals surface area contributed by atoms with E-state index in [2.05, 4.69) is 10.0 Å². The van der Waals surface area contributed by atoms with E-state index >= 15 is 0 Å². The van der Waals surface area contributed by atoms with Crippen molar-refractivity contribution >= 4 is 33.2 Å². The number of amides is 1. The fourth-order valence-electron chi connectivity index (χ4n) is 2.25. The minimum Gasteiger partial charge on any atom is -0.480 e. The van der Waals surface area contributed by atoms with Gasteiger partial charge in [-0.25, -0.2) is 17.9 Å². The zero-order valence-electron chi connectivity index (χ0n) is 13.1. The fraction of sp³-hybridized carbons (Fsp3) is 0.250. The van der Waals surface area contributed by atoms with E-state index in [1.54, 1.807) is 0 Å². The van der Waals surface area contributed by atoms with Gasteiger partial charge in [0.15, 0.2) is 0 Å². The van der Waals surface area contributed by atoms with Crippen molar-refractivity contribution in [1.82, 2.24) is 10.0 Å². The maximum Gasteiger partial charge on any atom is 0.329 e. The molecule has 9 heteroatoms. The Morgan fingerprint density at radius 1 is 1.16 bits per heavy atom. The molecule has 1 aliphatic carbocycles. The topological polar surface area (TPSA) is 113 Å². The third-order valence-corrected chi connectivity index (χ3v) is 6.25. The van der Waals surface area contributed by atoms with Crippen LogP contribution >= 0.6 is 11.3 Å². The monoisotopic (exact) mass is 380 g/mol. The molecule has 1 aromatic heterocycles. The summed E-state index contributed by atoms with van der Waals surface area (Å²) in [6, 6.07) is 9.06. The zero-order valence-corrected chi connectivity index (χ0v) is 14.7. The van der Waals surface area contributed by atoms with Gasteiger partial charge in [0.2, 0.25) is 10.0 Å². The van der Waals surface area contributed by atoms with Crippen LogP contribution in [0.1, 0.15) is 28.1 Å². The van der Waals surface area contributed by atoms with Crippen LogP contribution in [0.4, 0.5) is 0 Å². The number of rotatable bonds is 7. The van der Waals surface area contributed by atoms with Crippen LogP contribution in [0.25, 0.3) is 0 Å². The zero-order chi connectivity index (χ0) is 18.1. The van der Waals surface area contributed by atoms with Gasteiger partial charge in [-0.05, 0) is 48.6 Å². The molecule has 132 valence electrons. The molecule has 1 fully saturated rings. The van der Waals surface area contributed by atoms with E-state index in [9.17, 15) is 18.0 Å². The number of hydrogen-bond acceptors (Lipinski definition) is 5. The van der Waals surface area contributed by atoms with Crippen LogP contribution in [0.15, 0.2) is 46.7 Å². The van der Waals surface area contributed by atoms with Gasteiger partial charge in [-0.3, -0.25) is 4.79 Å². The first-order valence-corrected chi connectivity index (χ1v) is 9.87. The summed E-state index contributed by atoms with van der Waals surface area (Å²) in [4.78, 5) is 24.1. The first-order chi connectivity index (χ1) is 11.8. The van der Waals surface area contributed by atoms with Crippen molar-refractivity contribution in [2.75, 3.05) is 0 Å². The van der Waals surface area contributed by atoms with Crippen molar-refractivity contribution in [1.29, 1.82) is 0 Å². The normalized spacial score (nSPS) is 15.5. The van der Waals surface area contributed by atoms with Gasteiger partial charge in [-0.2, -0.15) is 0 Å². The predicted molar refractivity (Wildman–Crippen MR) is 91.9 cm³/mol. The molecule has 0 spiro atoms. The number of aliphatic carboxylic acids is 1. The summed E-state index contributed by atoms with van der Waals surface area (Å²) >= 11 is 1.45. The largest absolute Gasteiger partial charge is 0.480 e. The predicted octanol–water partition coefficient (Wildman–Crippen LogP) is 1.57. The second kappa shape index (κ2) is 6.58. The van der Waals surface area contributed by atoms with Crippen molar-refractivity contribution in [3.63, 3.8) is 0 Å². The summed E-state index contributed by atoms with van der Waals surface area (Å²) < 4.78 is 27.0. The molecule has 3 rings (SSSR count). The number of hydrogen-bond donors (Lipinski definition) is 3. The number of carbonyl (C=O) groups excluding carboxylic acids is 1. The Morgan fingerprint density at radius 3 is 2.36 bits per heavy atom. The Hall–Kier alpha value is -2.23. The lowest BCUT2D eigenvalue weighted by Gasteiger charge is -2.12. The molecule has 1 saturated carbocycles. The molecule has 0 saturated heterocycles. The van der Waals surface area contributed by atoms with E-state index in [1.165, 1.54) is 35.6 Å². The summed E-state index contributed by atoms with van der Waals surface area (Å²) in [6.45, 7) is 0.198. The second-order valence-electron chi connectivity index (χ2n) is 5.77. The molecule has 1 aliphatic rings. The number of carboxylic acid groups (broad SMARTS) is 1. The van der Waals surface area contributed by atoms with Gasteiger partial charge in [0.25, 0.3) is 5.91 Å². The number of carboxylic acids is 1. The molecule has 3 N–H and O–H groups in total. The third-order valence-electron chi connectivity index (χ3n) is 3.96. The molecule has 0 bridgehead atoms. The Morgan fingerprint density at radius 2 is 1.84 bits per heavy atom. The quantitative estimate of drug-likeness (QED) is 0.675. The van der Waals surface area contributed by atoms with Gasteiger partial charge in [0, 0.05) is 17.0 Å². The van der Waals surface area contributed by atoms with Gasteiger partial charge in [-0.15, -0.1) is 11.3 Å². The van der Waals surface area contributed by atoms with Crippen molar-refractivity contribution in [3.05, 3.63) is 52.2 Å². The van der Waals surface area contributed by atoms with Crippen LogP contribution in [-0.4, -0.2) is 30.9 Å². The number of carbonyl (C=O) groups is 2. The van der Waals surface area contributed by atoms with Crippen LogP contribution in [0.5, 0.6) is 0 Å². The summed E-state index contributed by atoms with van der Waals surface area (Å²) in [5.41, 5.74) is -0.964. The van der Waals surface area contributed by atoms with E-state index in [-0.39, 0.29) is 17.0 Å². The first-order valence-electron chi connectivity index (χ1n) is 7.50. The van der Waals surface area contributed by atoms with E-state index in [1.807, 2.05) is 17.5 Å².